The van der Waals surface area contributed by atoms with Gasteiger partial charge >= 0.3 is 5.97 Å². The Morgan fingerprint density at radius 2 is 1.82 bits per heavy atom. The summed E-state index contributed by atoms with van der Waals surface area (Å²) in [5.74, 6) is 0.568. The van der Waals surface area contributed by atoms with Gasteiger partial charge < -0.3 is 19.2 Å². The molecule has 2 aromatic heterocycles. The summed E-state index contributed by atoms with van der Waals surface area (Å²) in [6, 6.07) is 21.0. The number of carbonyl (C=O) groups excluding carboxylic acids is 1. The quantitative estimate of drug-likeness (QED) is 0.230. The van der Waals surface area contributed by atoms with Crippen LogP contribution in [0.25, 0.3) is 28.2 Å². The van der Waals surface area contributed by atoms with Gasteiger partial charge in [0.05, 0.1) is 47.9 Å². The average Bonchev–Trinajstić information content (AvgIpc) is 3.53. The van der Waals surface area contributed by atoms with Gasteiger partial charge in [0.25, 0.3) is 5.56 Å². The summed E-state index contributed by atoms with van der Waals surface area (Å²) in [5.41, 5.74) is 6.21. The number of benzene rings is 3. The van der Waals surface area contributed by atoms with Gasteiger partial charge in [0.15, 0.2) is 16.3 Å². The predicted octanol–water partition coefficient (Wildman–Crippen LogP) is 5.66. The maximum Gasteiger partial charge on any atom is 0.338 e. The van der Waals surface area contributed by atoms with Gasteiger partial charge in [-0.1, -0.05) is 59.4 Å². The first-order valence-corrected chi connectivity index (χ1v) is 15.3. The molecular formula is C35H33N3O5S. The molecule has 224 valence electrons. The maximum absolute atomic E-state index is 14.4. The van der Waals surface area contributed by atoms with Crippen molar-refractivity contribution < 1.29 is 19.0 Å². The van der Waals surface area contributed by atoms with Crippen LogP contribution in [0.2, 0.25) is 0 Å². The van der Waals surface area contributed by atoms with Crippen LogP contribution in [0.4, 0.5) is 0 Å². The number of thiazole rings is 1. The van der Waals surface area contributed by atoms with Crippen LogP contribution in [0.1, 0.15) is 43.5 Å². The van der Waals surface area contributed by atoms with E-state index in [9.17, 15) is 9.59 Å². The van der Waals surface area contributed by atoms with Crippen LogP contribution in [-0.2, 0) is 9.53 Å². The van der Waals surface area contributed by atoms with E-state index >= 15 is 0 Å². The van der Waals surface area contributed by atoms with Crippen LogP contribution in [0.3, 0.4) is 0 Å². The molecule has 1 aliphatic heterocycles. The monoisotopic (exact) mass is 607 g/mol. The lowest BCUT2D eigenvalue weighted by molar-refractivity contribution is -0.139. The molecule has 0 spiro atoms. The minimum atomic E-state index is -0.767. The molecule has 0 fully saturated rings. The molecular weight excluding hydrogens is 574 g/mol. The fourth-order valence-electron chi connectivity index (χ4n) is 5.68. The smallest absolute Gasteiger partial charge is 0.338 e. The van der Waals surface area contributed by atoms with Crippen molar-refractivity contribution in [2.45, 2.75) is 33.7 Å². The number of fused-ring (bicyclic) bond motifs is 2. The number of hydrogen-bond acceptors (Lipinski definition) is 7. The summed E-state index contributed by atoms with van der Waals surface area (Å²) < 4.78 is 18.9. The highest BCUT2D eigenvalue weighted by Gasteiger charge is 2.34. The zero-order valence-corrected chi connectivity index (χ0v) is 26.1. The van der Waals surface area contributed by atoms with Crippen LogP contribution in [0.15, 0.2) is 87.8 Å². The minimum Gasteiger partial charge on any atom is -0.493 e. The number of rotatable bonds is 8. The van der Waals surface area contributed by atoms with Gasteiger partial charge in [0.1, 0.15) is 0 Å². The van der Waals surface area contributed by atoms with E-state index < -0.39 is 12.0 Å². The van der Waals surface area contributed by atoms with Crippen LogP contribution in [-0.4, -0.2) is 35.8 Å². The van der Waals surface area contributed by atoms with E-state index in [2.05, 4.69) is 30.1 Å². The molecule has 0 saturated heterocycles. The Kier molecular flexibility index (Phi) is 7.97. The van der Waals surface area contributed by atoms with Gasteiger partial charge in [-0.15, -0.1) is 0 Å². The number of aromatic nitrogens is 2. The number of aryl methyl sites for hydroxylation is 1. The van der Waals surface area contributed by atoms with Gasteiger partial charge in [0, 0.05) is 16.5 Å². The molecule has 9 heteroatoms. The standard InChI is InChI=1S/C35H33N3O5S/c1-6-42-28-18-23(14-16-27(28)41-5)32-30(34(40)43-7-2)21(4)36-35-38(32)33(39)29(44-35)19-25-24-17-20(3)13-15-26(24)37-31(25)22-11-9-8-10-12-22/h8-19,32,37H,6-7H2,1-5H3/b29-19+/t32-/m0/s1. The molecule has 3 aromatic carbocycles. The van der Waals surface area contributed by atoms with Gasteiger partial charge in [0.2, 0.25) is 0 Å². The Morgan fingerprint density at radius 3 is 2.55 bits per heavy atom. The van der Waals surface area contributed by atoms with Gasteiger partial charge in [-0.25, -0.2) is 9.79 Å². The Hall–Kier alpha value is -4.89. The van der Waals surface area contributed by atoms with Crippen LogP contribution in [0.5, 0.6) is 11.5 Å². The highest BCUT2D eigenvalue weighted by atomic mass is 32.1. The fraction of sp³-hybridized carbons (Fsp3) is 0.229. The molecule has 8 nitrogen and oxygen atoms in total. The third kappa shape index (κ3) is 5.13. The molecule has 1 atom stereocenters. The number of nitrogens with one attached hydrogen (secondary N) is 1. The average molecular weight is 608 g/mol. The Bertz CT molecular complexity index is 2100. The van der Waals surface area contributed by atoms with Gasteiger partial charge in [-0.2, -0.15) is 0 Å². The molecule has 1 aliphatic rings. The van der Waals surface area contributed by atoms with Crippen molar-refractivity contribution in [1.29, 1.82) is 0 Å². The van der Waals surface area contributed by atoms with E-state index in [4.69, 9.17) is 19.2 Å². The third-order valence-electron chi connectivity index (χ3n) is 7.65. The van der Waals surface area contributed by atoms with Crippen LogP contribution < -0.4 is 24.4 Å². The first kappa shape index (κ1) is 29.2. The second kappa shape index (κ2) is 12.0. The van der Waals surface area contributed by atoms with Crippen molar-refractivity contribution in [1.82, 2.24) is 9.55 Å². The van der Waals surface area contributed by atoms with E-state index in [0.29, 0.717) is 44.3 Å². The largest absolute Gasteiger partial charge is 0.493 e. The second-order valence-electron chi connectivity index (χ2n) is 10.5. The Morgan fingerprint density at radius 1 is 1.02 bits per heavy atom. The first-order valence-electron chi connectivity index (χ1n) is 14.5. The second-order valence-corrected chi connectivity index (χ2v) is 11.5. The van der Waals surface area contributed by atoms with Crippen molar-refractivity contribution in [2.24, 2.45) is 4.99 Å². The number of H-pyrrole nitrogens is 1. The van der Waals surface area contributed by atoms with Crippen molar-refractivity contribution in [2.75, 3.05) is 20.3 Å². The van der Waals surface area contributed by atoms with E-state index in [0.717, 1.165) is 33.3 Å². The summed E-state index contributed by atoms with van der Waals surface area (Å²) >= 11 is 1.30. The van der Waals surface area contributed by atoms with Crippen LogP contribution in [0, 0.1) is 6.92 Å². The molecule has 0 aliphatic carbocycles. The Labute approximate surface area is 258 Å². The number of nitrogens with zero attached hydrogens (tertiary/aromatic N) is 2. The number of hydrogen-bond donors (Lipinski definition) is 1. The minimum absolute atomic E-state index is 0.196. The number of esters is 1. The van der Waals surface area contributed by atoms with Crippen molar-refractivity contribution >= 4 is 34.3 Å². The highest BCUT2D eigenvalue weighted by Crippen LogP contribution is 2.36. The van der Waals surface area contributed by atoms with E-state index in [1.54, 1.807) is 31.6 Å². The summed E-state index contributed by atoms with van der Waals surface area (Å²) in [7, 11) is 1.57. The number of ether oxygens (including phenoxy) is 3. The molecule has 0 amide bonds. The summed E-state index contributed by atoms with van der Waals surface area (Å²) in [6.45, 7) is 8.10. The number of carbonyl (C=O) groups is 1. The Balaban J connectivity index is 1.61. The topological polar surface area (TPSA) is 94.9 Å². The van der Waals surface area contributed by atoms with Crippen molar-refractivity contribution in [3.8, 4) is 22.8 Å². The molecule has 0 radical (unpaired) electrons. The van der Waals surface area contributed by atoms with Crippen molar-refractivity contribution in [3.63, 3.8) is 0 Å². The normalized spacial score (nSPS) is 14.8. The number of methoxy groups -OCH3 is 1. The van der Waals surface area contributed by atoms with E-state index in [1.807, 2.05) is 55.5 Å². The van der Waals surface area contributed by atoms with Gasteiger partial charge in [-0.3, -0.25) is 9.36 Å². The molecule has 0 bridgehead atoms. The van der Waals surface area contributed by atoms with E-state index in [1.165, 1.54) is 11.3 Å². The van der Waals surface area contributed by atoms with E-state index in [-0.39, 0.29) is 12.2 Å². The molecule has 6 rings (SSSR count). The first-order chi connectivity index (χ1) is 21.3. The number of aromatic amines is 1. The molecule has 5 aromatic rings. The molecule has 0 unspecified atom stereocenters. The highest BCUT2D eigenvalue weighted by molar-refractivity contribution is 7.07. The summed E-state index contributed by atoms with van der Waals surface area (Å²) in [4.78, 5) is 36.6. The molecule has 1 N–H and O–H groups in total. The molecule has 44 heavy (non-hydrogen) atoms. The molecule has 3 heterocycles. The third-order valence-corrected chi connectivity index (χ3v) is 8.64. The van der Waals surface area contributed by atoms with Gasteiger partial charge in [-0.05, 0) is 69.2 Å². The lowest BCUT2D eigenvalue weighted by Gasteiger charge is -2.25. The predicted molar refractivity (Wildman–Crippen MR) is 173 cm³/mol. The fourth-order valence-corrected chi connectivity index (χ4v) is 6.71. The zero-order chi connectivity index (χ0) is 31.0. The van der Waals surface area contributed by atoms with Crippen molar-refractivity contribution in [3.05, 3.63) is 114 Å². The summed E-state index contributed by atoms with van der Waals surface area (Å²) in [5, 5.41) is 1.02. The SMILES string of the molecule is CCOC(=O)C1=C(C)N=c2s/c(=C/c3c(-c4ccccc4)[nH]c4ccc(C)cc34)c(=O)n2[C@H]1c1ccc(OC)c(OCC)c1. The van der Waals surface area contributed by atoms with Crippen LogP contribution >= 0.6 is 11.3 Å². The lowest BCUT2D eigenvalue weighted by atomic mass is 9.95. The zero-order valence-electron chi connectivity index (χ0n) is 25.3. The summed E-state index contributed by atoms with van der Waals surface area (Å²) in [6.07, 6.45) is 1.94. The lowest BCUT2D eigenvalue weighted by Crippen LogP contribution is -2.40. The maximum atomic E-state index is 14.4. The number of allylic oxidation sites excluding steroid dienone is 1. The molecule has 0 saturated carbocycles.